The second-order valence-corrected chi connectivity index (χ2v) is 8.89. The molecule has 1 aromatic carbocycles. The van der Waals surface area contributed by atoms with Gasteiger partial charge in [-0.1, -0.05) is 18.3 Å². The average molecular weight is 460 g/mol. The van der Waals surface area contributed by atoms with Gasteiger partial charge in [0.2, 0.25) is 15.9 Å². The topological polar surface area (TPSA) is 114 Å². The molecule has 0 bridgehead atoms. The van der Waals surface area contributed by atoms with E-state index in [4.69, 9.17) is 4.74 Å². The quantitative estimate of drug-likeness (QED) is 0.627. The standard InChI is InChI=1S/C22H29N5O4S/c1-4-14(2)23-18(28)13-15-9-11-27(12-10-15)22(30)21-26-25-20(32-21)19(29)24-16-5-7-17(31-3)8-6-16/h5-8,14-15H,4,9-13H2,1-3H3,(H,23,28)(H,24,29). The third kappa shape index (κ3) is 6.25. The summed E-state index contributed by atoms with van der Waals surface area (Å²) in [5, 5.41) is 13.9. The van der Waals surface area contributed by atoms with Gasteiger partial charge >= 0.3 is 0 Å². The van der Waals surface area contributed by atoms with Crippen molar-refractivity contribution in [1.29, 1.82) is 0 Å². The lowest BCUT2D eigenvalue weighted by molar-refractivity contribution is -0.122. The third-order valence-corrected chi connectivity index (χ3v) is 6.46. The van der Waals surface area contributed by atoms with Crippen molar-refractivity contribution in [2.24, 2.45) is 5.92 Å². The van der Waals surface area contributed by atoms with Gasteiger partial charge in [0.15, 0.2) is 0 Å². The monoisotopic (exact) mass is 459 g/mol. The molecule has 172 valence electrons. The molecule has 2 heterocycles. The van der Waals surface area contributed by atoms with E-state index in [2.05, 4.69) is 20.8 Å². The Morgan fingerprint density at radius 3 is 2.44 bits per heavy atom. The zero-order valence-corrected chi connectivity index (χ0v) is 19.4. The lowest BCUT2D eigenvalue weighted by atomic mass is 9.93. The molecule has 0 aliphatic carbocycles. The predicted molar refractivity (Wildman–Crippen MR) is 122 cm³/mol. The van der Waals surface area contributed by atoms with E-state index >= 15 is 0 Å². The molecule has 1 saturated heterocycles. The number of hydrogen-bond donors (Lipinski definition) is 2. The Balaban J connectivity index is 1.50. The molecule has 3 rings (SSSR count). The number of likely N-dealkylation sites (tertiary alicyclic amines) is 1. The van der Waals surface area contributed by atoms with Gasteiger partial charge in [0.25, 0.3) is 11.8 Å². The van der Waals surface area contributed by atoms with Crippen molar-refractivity contribution in [3.8, 4) is 5.75 Å². The second kappa shape index (κ2) is 11.0. The van der Waals surface area contributed by atoms with Crippen molar-refractivity contribution in [2.45, 2.75) is 45.6 Å². The maximum Gasteiger partial charge on any atom is 0.286 e. The summed E-state index contributed by atoms with van der Waals surface area (Å²) in [5.41, 5.74) is 0.596. The van der Waals surface area contributed by atoms with Gasteiger partial charge < -0.3 is 20.3 Å². The second-order valence-electron chi connectivity index (χ2n) is 7.91. The predicted octanol–water partition coefficient (Wildman–Crippen LogP) is 2.96. The Morgan fingerprint density at radius 1 is 1.16 bits per heavy atom. The molecule has 3 amide bonds. The first kappa shape index (κ1) is 23.6. The molecule has 1 fully saturated rings. The first-order chi connectivity index (χ1) is 15.4. The summed E-state index contributed by atoms with van der Waals surface area (Å²) in [7, 11) is 1.57. The molecule has 32 heavy (non-hydrogen) atoms. The SMILES string of the molecule is CCC(C)NC(=O)CC1CCN(C(=O)c2nnc(C(=O)Nc3ccc(OC)cc3)s2)CC1. The van der Waals surface area contributed by atoms with Gasteiger partial charge in [-0.05, 0) is 56.4 Å². The molecule has 2 N–H and O–H groups in total. The van der Waals surface area contributed by atoms with Crippen LogP contribution in [0.4, 0.5) is 5.69 Å². The maximum absolute atomic E-state index is 12.8. The van der Waals surface area contributed by atoms with Crippen molar-refractivity contribution in [1.82, 2.24) is 20.4 Å². The highest BCUT2D eigenvalue weighted by Crippen LogP contribution is 2.23. The molecular formula is C22H29N5O4S. The first-order valence-corrected chi connectivity index (χ1v) is 11.6. The summed E-state index contributed by atoms with van der Waals surface area (Å²) in [6, 6.07) is 7.09. The van der Waals surface area contributed by atoms with Crippen molar-refractivity contribution >= 4 is 34.7 Å². The number of rotatable bonds is 8. The minimum Gasteiger partial charge on any atom is -0.497 e. The minimum absolute atomic E-state index is 0.0702. The molecule has 10 heteroatoms. The van der Waals surface area contributed by atoms with Crippen molar-refractivity contribution < 1.29 is 19.1 Å². The average Bonchev–Trinajstić information content (AvgIpc) is 3.30. The summed E-state index contributed by atoms with van der Waals surface area (Å²) in [5.74, 6) is 0.377. The van der Waals surface area contributed by atoms with E-state index < -0.39 is 5.91 Å². The number of piperidine rings is 1. The van der Waals surface area contributed by atoms with E-state index in [9.17, 15) is 14.4 Å². The normalized spacial score (nSPS) is 15.2. The molecular weight excluding hydrogens is 430 g/mol. The van der Waals surface area contributed by atoms with Crippen LogP contribution in [0.1, 0.15) is 59.1 Å². The fourth-order valence-corrected chi connectivity index (χ4v) is 4.14. The zero-order chi connectivity index (χ0) is 23.1. The van der Waals surface area contributed by atoms with Gasteiger partial charge in [-0.15, -0.1) is 10.2 Å². The number of carbonyl (C=O) groups excluding carboxylic acids is 3. The van der Waals surface area contributed by atoms with Crippen LogP contribution in [0.3, 0.4) is 0 Å². The van der Waals surface area contributed by atoms with Gasteiger partial charge in [-0.3, -0.25) is 14.4 Å². The number of nitrogens with zero attached hydrogens (tertiary/aromatic N) is 3. The maximum atomic E-state index is 12.8. The summed E-state index contributed by atoms with van der Waals surface area (Å²) in [6.07, 6.45) is 2.92. The molecule has 1 aliphatic heterocycles. The van der Waals surface area contributed by atoms with E-state index in [0.29, 0.717) is 30.9 Å². The molecule has 1 aromatic heterocycles. The van der Waals surface area contributed by atoms with Crippen LogP contribution < -0.4 is 15.4 Å². The van der Waals surface area contributed by atoms with Crippen molar-refractivity contribution in [2.75, 3.05) is 25.5 Å². The molecule has 0 spiro atoms. The zero-order valence-electron chi connectivity index (χ0n) is 18.6. The van der Waals surface area contributed by atoms with Crippen LogP contribution >= 0.6 is 11.3 Å². The number of nitrogens with one attached hydrogen (secondary N) is 2. The fourth-order valence-electron chi connectivity index (χ4n) is 3.43. The van der Waals surface area contributed by atoms with E-state index in [1.54, 1.807) is 36.3 Å². The van der Waals surface area contributed by atoms with Gasteiger partial charge in [0, 0.05) is 31.2 Å². The molecule has 0 radical (unpaired) electrons. The Hall–Kier alpha value is -3.01. The van der Waals surface area contributed by atoms with Crippen LogP contribution in [0.5, 0.6) is 5.75 Å². The number of aromatic nitrogens is 2. The van der Waals surface area contributed by atoms with Gasteiger partial charge in [0.1, 0.15) is 5.75 Å². The third-order valence-electron chi connectivity index (χ3n) is 5.55. The number of amides is 3. The number of anilines is 1. The fraction of sp³-hybridized carbons (Fsp3) is 0.500. The highest BCUT2D eigenvalue weighted by Gasteiger charge is 2.28. The number of methoxy groups -OCH3 is 1. The highest BCUT2D eigenvalue weighted by molar-refractivity contribution is 7.15. The largest absolute Gasteiger partial charge is 0.497 e. The molecule has 9 nitrogen and oxygen atoms in total. The summed E-state index contributed by atoms with van der Waals surface area (Å²) >= 11 is 0.976. The molecule has 1 atom stereocenters. The van der Waals surface area contributed by atoms with Crippen molar-refractivity contribution in [3.05, 3.63) is 34.3 Å². The Morgan fingerprint density at radius 2 is 1.81 bits per heavy atom. The van der Waals surface area contributed by atoms with Crippen LogP contribution in [0.15, 0.2) is 24.3 Å². The van der Waals surface area contributed by atoms with E-state index in [1.807, 2.05) is 13.8 Å². The van der Waals surface area contributed by atoms with E-state index in [-0.39, 0.29) is 33.8 Å². The van der Waals surface area contributed by atoms with Crippen LogP contribution in [-0.4, -0.2) is 59.1 Å². The van der Waals surface area contributed by atoms with Crippen LogP contribution in [-0.2, 0) is 4.79 Å². The highest BCUT2D eigenvalue weighted by atomic mass is 32.1. The number of hydrogen-bond acceptors (Lipinski definition) is 7. The molecule has 0 saturated carbocycles. The first-order valence-electron chi connectivity index (χ1n) is 10.8. The van der Waals surface area contributed by atoms with Crippen LogP contribution in [0, 0.1) is 5.92 Å². The van der Waals surface area contributed by atoms with Crippen LogP contribution in [0.2, 0.25) is 0 Å². The van der Waals surface area contributed by atoms with Crippen molar-refractivity contribution in [3.63, 3.8) is 0 Å². The minimum atomic E-state index is -0.419. The lowest BCUT2D eigenvalue weighted by Gasteiger charge is -2.31. The smallest absolute Gasteiger partial charge is 0.286 e. The summed E-state index contributed by atoms with van der Waals surface area (Å²) in [4.78, 5) is 39.0. The Labute approximate surface area is 191 Å². The van der Waals surface area contributed by atoms with Gasteiger partial charge in [0.05, 0.1) is 7.11 Å². The van der Waals surface area contributed by atoms with E-state index in [0.717, 1.165) is 30.6 Å². The summed E-state index contributed by atoms with van der Waals surface area (Å²) in [6.45, 7) is 5.16. The van der Waals surface area contributed by atoms with E-state index in [1.165, 1.54) is 0 Å². The van der Waals surface area contributed by atoms with Crippen LogP contribution in [0.25, 0.3) is 0 Å². The Kier molecular flexibility index (Phi) is 8.15. The van der Waals surface area contributed by atoms with Gasteiger partial charge in [-0.2, -0.15) is 0 Å². The molecule has 1 aliphatic rings. The molecule has 1 unspecified atom stereocenters. The number of carbonyl (C=O) groups is 3. The Bertz CT molecular complexity index is 938. The molecule has 2 aromatic rings. The lowest BCUT2D eigenvalue weighted by Crippen LogP contribution is -2.40. The number of benzene rings is 1. The van der Waals surface area contributed by atoms with Gasteiger partial charge in [-0.25, -0.2) is 0 Å². The number of ether oxygens (including phenoxy) is 1. The summed E-state index contributed by atoms with van der Waals surface area (Å²) < 4.78 is 5.10.